The first-order chi connectivity index (χ1) is 14.0. The molecule has 2 atom stereocenters. The van der Waals surface area contributed by atoms with Gasteiger partial charge in [-0.25, -0.2) is 4.57 Å². The molecule has 174 valence electrons. The molecule has 0 aliphatic carbocycles. The van der Waals surface area contributed by atoms with Gasteiger partial charge in [0.25, 0.3) is 0 Å². The van der Waals surface area contributed by atoms with Crippen molar-refractivity contribution in [1.82, 2.24) is 0 Å². The maximum atomic E-state index is 11.6. The number of unbranched alkanes of at least 4 members (excludes halogenated alkanes) is 7. The lowest BCUT2D eigenvalue weighted by Crippen LogP contribution is -2.42. The van der Waals surface area contributed by atoms with Crippen LogP contribution in [0.3, 0.4) is 0 Å². The van der Waals surface area contributed by atoms with E-state index in [0.717, 1.165) is 12.8 Å². The molecule has 30 heavy (non-hydrogen) atoms. The molecule has 7 heteroatoms. The fourth-order valence-electron chi connectivity index (χ4n) is 3.98. The Hall–Kier alpha value is 0.0200. The first-order valence-electron chi connectivity index (χ1n) is 11.3. The van der Waals surface area contributed by atoms with Gasteiger partial charge in [-0.3, -0.25) is 4.52 Å². The van der Waals surface area contributed by atoms with Crippen LogP contribution in [0.2, 0.25) is 0 Å². The van der Waals surface area contributed by atoms with E-state index in [1.165, 1.54) is 54.1 Å². The van der Waals surface area contributed by atoms with Crippen molar-refractivity contribution in [2.45, 2.75) is 83.2 Å². The highest BCUT2D eigenvalue weighted by molar-refractivity contribution is 14.1. The third kappa shape index (κ3) is 14.2. The summed E-state index contributed by atoms with van der Waals surface area (Å²) in [6.45, 7) is 2.80. The summed E-state index contributed by atoms with van der Waals surface area (Å²) in [7, 11) is 1.54. The van der Waals surface area contributed by atoms with Crippen LogP contribution in [-0.4, -0.2) is 48.1 Å². The Morgan fingerprint density at radius 2 is 1.63 bits per heavy atom. The van der Waals surface area contributed by atoms with Gasteiger partial charge in [-0.1, -0.05) is 70.4 Å². The van der Waals surface area contributed by atoms with Crippen molar-refractivity contribution in [3.63, 3.8) is 0 Å². The first-order valence-corrected chi connectivity index (χ1v) is 13.9. The van der Waals surface area contributed by atoms with E-state index in [9.17, 15) is 14.4 Å². The van der Waals surface area contributed by atoms with Gasteiger partial charge in [0.15, 0.2) is 0 Å². The van der Waals surface area contributed by atoms with Crippen LogP contribution in [0.25, 0.3) is 0 Å². The lowest BCUT2D eigenvalue weighted by atomic mass is 9.88. The van der Waals surface area contributed by atoms with Gasteiger partial charge in [0, 0.05) is 3.57 Å². The lowest BCUT2D eigenvalue weighted by Gasteiger charge is -2.31. The number of halogens is 1. The minimum Gasteiger partial charge on any atom is -0.329 e. The van der Waals surface area contributed by atoms with Crippen LogP contribution in [0.1, 0.15) is 82.6 Å². The van der Waals surface area contributed by atoms with E-state index in [1.807, 2.05) is 21.1 Å². The number of phosphoric acid groups is 1. The number of likely N-dealkylation sites (N-methyl/N-ethyl adjacent to an activating group) is 1. The van der Waals surface area contributed by atoms with Crippen molar-refractivity contribution in [1.29, 1.82) is 0 Å². The molecular weight excluding hydrogens is 512 g/mol. The van der Waals surface area contributed by atoms with E-state index in [-0.39, 0.29) is 5.92 Å². The molecule has 0 saturated carbocycles. The minimum absolute atomic E-state index is 0.239. The Labute approximate surface area is 197 Å². The van der Waals surface area contributed by atoms with Gasteiger partial charge >= 0.3 is 7.82 Å². The topological polar surface area (TPSA) is 66.8 Å². The van der Waals surface area contributed by atoms with Crippen LogP contribution in [0.5, 0.6) is 0 Å². The molecule has 1 rings (SSSR count). The molecule has 1 aromatic carbocycles. The molecule has 0 spiro atoms. The number of phosphoric ester groups is 1. The summed E-state index contributed by atoms with van der Waals surface area (Å²) in [6, 6.07) is 8.47. The van der Waals surface area contributed by atoms with Crippen molar-refractivity contribution in [3.8, 4) is 0 Å². The summed E-state index contributed by atoms with van der Waals surface area (Å²) in [5, 5.41) is 0. The predicted molar refractivity (Wildman–Crippen MR) is 134 cm³/mol. The number of rotatable bonds is 16. The zero-order valence-electron chi connectivity index (χ0n) is 19.2. The molecule has 0 aliphatic heterocycles. The van der Waals surface area contributed by atoms with Crippen LogP contribution >= 0.6 is 30.4 Å². The fourth-order valence-corrected chi connectivity index (χ4v) is 5.09. The summed E-state index contributed by atoms with van der Waals surface area (Å²) in [6.07, 6.45) is 11.4. The largest absolute Gasteiger partial charge is 0.470 e. The van der Waals surface area contributed by atoms with Gasteiger partial charge in [0.05, 0.1) is 21.1 Å². The zero-order valence-corrected chi connectivity index (χ0v) is 22.3. The molecule has 0 saturated heterocycles. The SMILES string of the molecule is CCCCCCCCCCC(CC(C[N+](C)(C)C)OP(=O)(O)O)c1cccc(I)c1. The van der Waals surface area contributed by atoms with Gasteiger partial charge in [0.2, 0.25) is 0 Å². The van der Waals surface area contributed by atoms with Crippen LogP contribution < -0.4 is 0 Å². The summed E-state index contributed by atoms with van der Waals surface area (Å²) >= 11 is 2.32. The lowest BCUT2D eigenvalue weighted by molar-refractivity contribution is -0.873. The standard InChI is InChI=1S/C23H41INO4P/c1-5-6-7-8-9-10-11-12-14-21(20-15-13-16-22(24)17-20)18-23(19-25(2,3)4)29-30(26,27)28/h13,15-17,21,23H,5-12,14,18-19H2,1-4H3,(H-,26,27,28)/p+1. The monoisotopic (exact) mass is 554 g/mol. The molecule has 2 N–H and O–H groups in total. The molecule has 0 amide bonds. The van der Waals surface area contributed by atoms with Crippen LogP contribution in [0.4, 0.5) is 0 Å². The summed E-state index contributed by atoms with van der Waals surface area (Å²) < 4.78 is 18.6. The number of hydrogen-bond acceptors (Lipinski definition) is 2. The third-order valence-corrected chi connectivity index (χ3v) is 6.56. The predicted octanol–water partition coefficient (Wildman–Crippen LogP) is 6.48. The van der Waals surface area contributed by atoms with Gasteiger partial charge in [-0.15, -0.1) is 0 Å². The highest BCUT2D eigenvalue weighted by atomic mass is 127. The molecule has 1 aromatic rings. The van der Waals surface area contributed by atoms with Crippen molar-refractivity contribution >= 4 is 30.4 Å². The number of nitrogens with zero attached hydrogens (tertiary/aromatic N) is 1. The molecule has 0 bridgehead atoms. The van der Waals surface area contributed by atoms with Crippen LogP contribution in [-0.2, 0) is 9.09 Å². The average molecular weight is 554 g/mol. The highest BCUT2D eigenvalue weighted by Gasteiger charge is 2.30. The van der Waals surface area contributed by atoms with Crippen molar-refractivity contribution < 1.29 is 23.4 Å². The second-order valence-corrected chi connectivity index (χ2v) is 11.9. The molecule has 5 nitrogen and oxygen atoms in total. The molecule has 0 radical (unpaired) electrons. The Morgan fingerprint density at radius 1 is 1.03 bits per heavy atom. The van der Waals surface area contributed by atoms with Gasteiger partial charge < -0.3 is 14.3 Å². The Balaban J connectivity index is 2.75. The molecule has 0 aromatic heterocycles. The fraction of sp³-hybridized carbons (Fsp3) is 0.739. The Bertz CT molecular complexity index is 644. The number of benzene rings is 1. The van der Waals surface area contributed by atoms with Crippen molar-refractivity contribution in [3.05, 3.63) is 33.4 Å². The summed E-state index contributed by atoms with van der Waals surface area (Å²) in [5.41, 5.74) is 1.24. The molecule has 0 fully saturated rings. The Morgan fingerprint density at radius 3 is 2.17 bits per heavy atom. The molecule has 2 unspecified atom stereocenters. The molecule has 0 aliphatic rings. The van der Waals surface area contributed by atoms with Gasteiger partial charge in [-0.05, 0) is 59.0 Å². The maximum Gasteiger partial charge on any atom is 0.470 e. The van der Waals surface area contributed by atoms with Crippen molar-refractivity contribution in [2.75, 3.05) is 27.7 Å². The van der Waals surface area contributed by atoms with E-state index >= 15 is 0 Å². The molecule has 0 heterocycles. The zero-order chi connectivity index (χ0) is 22.6. The van der Waals surface area contributed by atoms with E-state index in [2.05, 4.69) is 53.8 Å². The second kappa shape index (κ2) is 14.2. The third-order valence-electron chi connectivity index (χ3n) is 5.31. The van der Waals surface area contributed by atoms with E-state index in [1.54, 1.807) is 0 Å². The maximum absolute atomic E-state index is 11.6. The average Bonchev–Trinajstić information content (AvgIpc) is 2.60. The van der Waals surface area contributed by atoms with Crippen molar-refractivity contribution in [2.24, 2.45) is 0 Å². The van der Waals surface area contributed by atoms with Crippen LogP contribution in [0, 0.1) is 3.57 Å². The smallest absolute Gasteiger partial charge is 0.329 e. The first kappa shape index (κ1) is 28.1. The number of hydrogen-bond donors (Lipinski definition) is 2. The summed E-state index contributed by atoms with van der Waals surface area (Å²) in [5.74, 6) is 0.239. The van der Waals surface area contributed by atoms with Gasteiger partial charge in [-0.2, -0.15) is 0 Å². The second-order valence-electron chi connectivity index (χ2n) is 9.44. The van der Waals surface area contributed by atoms with E-state index in [0.29, 0.717) is 17.4 Å². The number of quaternary nitrogens is 1. The Kier molecular flexibility index (Phi) is 13.3. The minimum atomic E-state index is -4.53. The highest BCUT2D eigenvalue weighted by Crippen LogP contribution is 2.41. The van der Waals surface area contributed by atoms with Gasteiger partial charge in [0.1, 0.15) is 12.6 Å². The van der Waals surface area contributed by atoms with Crippen LogP contribution in [0.15, 0.2) is 24.3 Å². The van der Waals surface area contributed by atoms with E-state index < -0.39 is 13.9 Å². The molecular formula is C23H42INO4P+. The normalized spacial score (nSPS) is 14.6. The summed E-state index contributed by atoms with van der Waals surface area (Å²) in [4.78, 5) is 18.9. The van der Waals surface area contributed by atoms with E-state index in [4.69, 9.17) is 4.52 Å². The quantitative estimate of drug-likeness (QED) is 0.106.